The molecular weight excluding hydrogens is 570 g/mol. The summed E-state index contributed by atoms with van der Waals surface area (Å²) in [5.74, 6) is -0.159. The number of amides is 1. The Kier molecular flexibility index (Phi) is 35.7. The zero-order valence-electron chi connectivity index (χ0n) is 30.7. The molecule has 0 aromatic carbocycles. The minimum Gasteiger partial charge on any atom is -0.394 e. The topological polar surface area (TPSA) is 89.8 Å². The second-order valence-electron chi connectivity index (χ2n) is 13.8. The normalized spacial score (nSPS) is 13.9. The van der Waals surface area contributed by atoms with Gasteiger partial charge < -0.3 is 20.6 Å². The van der Waals surface area contributed by atoms with E-state index < -0.39 is 18.2 Å². The van der Waals surface area contributed by atoms with Gasteiger partial charge in [-0.1, -0.05) is 160 Å². The Morgan fingerprint density at radius 3 is 1.26 bits per heavy atom. The smallest absolute Gasteiger partial charge is 0.220 e. The molecule has 0 saturated heterocycles. The molecule has 3 unspecified atom stereocenters. The van der Waals surface area contributed by atoms with Crippen molar-refractivity contribution in [2.75, 3.05) is 6.61 Å². The molecule has 5 heteroatoms. The molecule has 5 nitrogen and oxygen atoms in total. The number of carbonyl (C=O) groups is 1. The van der Waals surface area contributed by atoms with E-state index >= 15 is 0 Å². The van der Waals surface area contributed by atoms with Gasteiger partial charge in [0.15, 0.2) is 0 Å². The van der Waals surface area contributed by atoms with Crippen molar-refractivity contribution in [3.8, 4) is 0 Å². The Morgan fingerprint density at radius 2 is 0.870 bits per heavy atom. The first-order chi connectivity index (χ1) is 22.6. The molecule has 4 N–H and O–H groups in total. The highest BCUT2D eigenvalue weighted by atomic mass is 16.3. The standard InChI is InChI=1S/C41H79NO4/c1-3-5-7-9-11-13-15-17-19-20-22-24-26-28-30-32-34-36-40(45)42-38(37-43)41(46)39(44)35-33-31-29-27-25-23-21-18-16-14-12-10-8-6-4-2/h17,19,27,29,38-39,41,43-44,46H,3-16,18,20-26,28,30-37H2,1-2H3,(H,42,45)/b19-17-,29-27+. The van der Waals surface area contributed by atoms with Crippen LogP contribution in [0, 0.1) is 0 Å². The number of carbonyl (C=O) groups excluding carboxylic acids is 1. The Bertz CT molecular complexity index is 679. The van der Waals surface area contributed by atoms with Gasteiger partial charge in [0.25, 0.3) is 0 Å². The zero-order valence-corrected chi connectivity index (χ0v) is 30.7. The number of nitrogens with one attached hydrogen (secondary N) is 1. The van der Waals surface area contributed by atoms with Crippen LogP contribution in [0.15, 0.2) is 24.3 Å². The minimum absolute atomic E-state index is 0.159. The van der Waals surface area contributed by atoms with Crippen molar-refractivity contribution in [3.63, 3.8) is 0 Å². The second-order valence-corrected chi connectivity index (χ2v) is 13.8. The van der Waals surface area contributed by atoms with Crippen molar-refractivity contribution in [1.82, 2.24) is 5.32 Å². The van der Waals surface area contributed by atoms with Crippen LogP contribution >= 0.6 is 0 Å². The molecule has 0 rings (SSSR count). The third-order valence-corrected chi connectivity index (χ3v) is 9.28. The van der Waals surface area contributed by atoms with E-state index in [0.717, 1.165) is 38.5 Å². The summed E-state index contributed by atoms with van der Waals surface area (Å²) in [5.41, 5.74) is 0. The molecule has 0 saturated carbocycles. The van der Waals surface area contributed by atoms with Crippen molar-refractivity contribution in [2.45, 2.75) is 225 Å². The molecule has 0 aliphatic rings. The van der Waals surface area contributed by atoms with Crippen LogP contribution in [-0.2, 0) is 4.79 Å². The lowest BCUT2D eigenvalue weighted by Crippen LogP contribution is -2.50. The highest BCUT2D eigenvalue weighted by molar-refractivity contribution is 5.76. The summed E-state index contributed by atoms with van der Waals surface area (Å²) in [4.78, 5) is 12.4. The van der Waals surface area contributed by atoms with Gasteiger partial charge in [-0.05, 0) is 64.2 Å². The van der Waals surface area contributed by atoms with Crippen LogP contribution in [0.3, 0.4) is 0 Å². The van der Waals surface area contributed by atoms with Gasteiger partial charge >= 0.3 is 0 Å². The lowest BCUT2D eigenvalue weighted by molar-refractivity contribution is -0.124. The van der Waals surface area contributed by atoms with Gasteiger partial charge in [-0.2, -0.15) is 0 Å². The molecule has 0 spiro atoms. The number of allylic oxidation sites excluding steroid dienone is 4. The van der Waals surface area contributed by atoms with E-state index in [1.54, 1.807) is 0 Å². The van der Waals surface area contributed by atoms with Crippen molar-refractivity contribution < 1.29 is 20.1 Å². The summed E-state index contributed by atoms with van der Waals surface area (Å²) in [5, 5.41) is 33.4. The Hall–Kier alpha value is -1.17. The van der Waals surface area contributed by atoms with Gasteiger partial charge in [0.1, 0.15) is 6.10 Å². The molecule has 0 aromatic heterocycles. The largest absolute Gasteiger partial charge is 0.394 e. The number of rotatable bonds is 36. The fraction of sp³-hybridized carbons (Fsp3) is 0.878. The van der Waals surface area contributed by atoms with Crippen LogP contribution in [0.5, 0.6) is 0 Å². The average Bonchev–Trinajstić information content (AvgIpc) is 3.06. The second kappa shape index (κ2) is 36.7. The number of aliphatic hydroxyl groups is 3. The predicted octanol–water partition coefficient (Wildman–Crippen LogP) is 11.0. The quantitative estimate of drug-likeness (QED) is 0.0401. The summed E-state index contributed by atoms with van der Waals surface area (Å²) >= 11 is 0. The summed E-state index contributed by atoms with van der Waals surface area (Å²) in [7, 11) is 0. The van der Waals surface area contributed by atoms with Crippen molar-refractivity contribution in [3.05, 3.63) is 24.3 Å². The van der Waals surface area contributed by atoms with Gasteiger partial charge in [0, 0.05) is 6.42 Å². The van der Waals surface area contributed by atoms with Crippen molar-refractivity contribution >= 4 is 5.91 Å². The highest BCUT2D eigenvalue weighted by Gasteiger charge is 2.26. The number of unbranched alkanes of at least 4 members (excludes halogenated alkanes) is 24. The first kappa shape index (κ1) is 44.8. The van der Waals surface area contributed by atoms with Crippen LogP contribution in [0.25, 0.3) is 0 Å². The Balaban J connectivity index is 3.71. The molecule has 272 valence electrons. The molecular formula is C41H79NO4. The van der Waals surface area contributed by atoms with E-state index in [4.69, 9.17) is 0 Å². The summed E-state index contributed by atoms with van der Waals surface area (Å²) in [6.07, 6.45) is 42.7. The molecule has 0 aliphatic carbocycles. The molecule has 0 fully saturated rings. The maximum atomic E-state index is 12.4. The molecule has 0 heterocycles. The van der Waals surface area contributed by atoms with Crippen molar-refractivity contribution in [1.29, 1.82) is 0 Å². The molecule has 0 aromatic rings. The van der Waals surface area contributed by atoms with Crippen LogP contribution in [0.1, 0.15) is 206 Å². The molecule has 0 aliphatic heterocycles. The van der Waals surface area contributed by atoms with Gasteiger partial charge in [0.2, 0.25) is 5.91 Å². The van der Waals surface area contributed by atoms with E-state index in [-0.39, 0.29) is 12.5 Å². The molecule has 1 amide bonds. The lowest BCUT2D eigenvalue weighted by Gasteiger charge is -2.26. The fourth-order valence-corrected chi connectivity index (χ4v) is 6.10. The third kappa shape index (κ3) is 31.4. The number of aliphatic hydroxyl groups excluding tert-OH is 3. The Labute approximate surface area is 286 Å². The number of hydrogen-bond donors (Lipinski definition) is 4. The van der Waals surface area contributed by atoms with Crippen LogP contribution in [-0.4, -0.2) is 46.1 Å². The molecule has 46 heavy (non-hydrogen) atoms. The first-order valence-electron chi connectivity index (χ1n) is 20.1. The summed E-state index contributed by atoms with van der Waals surface area (Å²) in [6, 6.07) is -0.825. The van der Waals surface area contributed by atoms with E-state index in [2.05, 4.69) is 43.5 Å². The van der Waals surface area contributed by atoms with E-state index in [1.165, 1.54) is 141 Å². The fourth-order valence-electron chi connectivity index (χ4n) is 6.10. The number of hydrogen-bond acceptors (Lipinski definition) is 4. The van der Waals surface area contributed by atoms with Gasteiger partial charge in [-0.25, -0.2) is 0 Å². The van der Waals surface area contributed by atoms with Gasteiger partial charge in [0.05, 0.1) is 18.8 Å². The van der Waals surface area contributed by atoms with E-state index in [0.29, 0.717) is 12.8 Å². The van der Waals surface area contributed by atoms with Crippen molar-refractivity contribution in [2.24, 2.45) is 0 Å². The zero-order chi connectivity index (χ0) is 33.8. The summed E-state index contributed by atoms with van der Waals surface area (Å²) < 4.78 is 0. The third-order valence-electron chi connectivity index (χ3n) is 9.28. The average molecular weight is 650 g/mol. The van der Waals surface area contributed by atoms with Crippen LogP contribution in [0.2, 0.25) is 0 Å². The van der Waals surface area contributed by atoms with E-state index in [1.807, 2.05) is 0 Å². The monoisotopic (exact) mass is 650 g/mol. The SMILES string of the molecule is CCCCCCCC/C=C\CCCCCCCCCC(=O)NC(CO)C(O)C(O)CCC/C=C/CCCCCCCCCCCC. The molecule has 0 radical (unpaired) electrons. The summed E-state index contributed by atoms with van der Waals surface area (Å²) in [6.45, 7) is 4.15. The molecule has 3 atom stereocenters. The van der Waals surface area contributed by atoms with Gasteiger partial charge in [-0.3, -0.25) is 4.79 Å². The first-order valence-corrected chi connectivity index (χ1v) is 20.1. The predicted molar refractivity (Wildman–Crippen MR) is 199 cm³/mol. The maximum absolute atomic E-state index is 12.4. The van der Waals surface area contributed by atoms with Gasteiger partial charge in [-0.15, -0.1) is 0 Å². The van der Waals surface area contributed by atoms with Crippen LogP contribution < -0.4 is 5.32 Å². The molecule has 0 bridgehead atoms. The Morgan fingerprint density at radius 1 is 0.522 bits per heavy atom. The van der Waals surface area contributed by atoms with Crippen LogP contribution in [0.4, 0.5) is 0 Å². The van der Waals surface area contributed by atoms with E-state index in [9.17, 15) is 20.1 Å². The highest BCUT2D eigenvalue weighted by Crippen LogP contribution is 2.14. The minimum atomic E-state index is -1.16. The maximum Gasteiger partial charge on any atom is 0.220 e. The lowest BCUT2D eigenvalue weighted by atomic mass is 10.0.